The molecule has 118 valence electrons. The van der Waals surface area contributed by atoms with Crippen molar-refractivity contribution < 1.29 is 23.6 Å². The van der Waals surface area contributed by atoms with Crippen LogP contribution in [0.2, 0.25) is 0 Å². The standard InChI is InChI=1S/C15H9F2NO4S/c16-12-6-1-9(7-13(12)17)8-14(15(19)20)23-11-4-2-10(3-5-11)18(21)22/h1-8H,(H,19,20)/b14-8+. The van der Waals surface area contributed by atoms with Crippen LogP contribution in [0.5, 0.6) is 0 Å². The van der Waals surface area contributed by atoms with Crippen molar-refractivity contribution in [2.75, 3.05) is 0 Å². The summed E-state index contributed by atoms with van der Waals surface area (Å²) in [5.74, 6) is -3.36. The molecule has 2 aromatic rings. The molecule has 0 fully saturated rings. The Morgan fingerprint density at radius 1 is 1.13 bits per heavy atom. The van der Waals surface area contributed by atoms with Gasteiger partial charge < -0.3 is 5.11 Å². The van der Waals surface area contributed by atoms with Crippen LogP contribution in [0.15, 0.2) is 52.3 Å². The highest BCUT2D eigenvalue weighted by atomic mass is 32.2. The van der Waals surface area contributed by atoms with Crippen LogP contribution >= 0.6 is 11.8 Å². The minimum atomic E-state index is -1.25. The van der Waals surface area contributed by atoms with Gasteiger partial charge in [0.2, 0.25) is 0 Å². The van der Waals surface area contributed by atoms with Gasteiger partial charge in [0.15, 0.2) is 11.6 Å². The molecule has 0 saturated carbocycles. The molecule has 0 heterocycles. The summed E-state index contributed by atoms with van der Waals surface area (Å²) >= 11 is 0.845. The Labute approximate surface area is 133 Å². The Morgan fingerprint density at radius 2 is 1.78 bits per heavy atom. The van der Waals surface area contributed by atoms with Crippen LogP contribution in [-0.2, 0) is 4.79 Å². The van der Waals surface area contributed by atoms with E-state index < -0.39 is 22.5 Å². The number of thioether (sulfide) groups is 1. The molecule has 0 aliphatic rings. The van der Waals surface area contributed by atoms with E-state index in [9.17, 15) is 28.8 Å². The molecule has 0 amide bonds. The minimum Gasteiger partial charge on any atom is -0.477 e. The van der Waals surface area contributed by atoms with Crippen LogP contribution < -0.4 is 0 Å². The molecule has 1 N–H and O–H groups in total. The van der Waals surface area contributed by atoms with Gasteiger partial charge in [0.1, 0.15) is 0 Å². The lowest BCUT2D eigenvalue weighted by molar-refractivity contribution is -0.384. The van der Waals surface area contributed by atoms with Gasteiger partial charge in [-0.2, -0.15) is 0 Å². The number of rotatable bonds is 5. The number of carboxylic acid groups (broad SMARTS) is 1. The number of benzene rings is 2. The van der Waals surface area contributed by atoms with E-state index in [0.29, 0.717) is 4.90 Å². The number of nitro benzene ring substituents is 1. The van der Waals surface area contributed by atoms with Gasteiger partial charge in [0.05, 0.1) is 9.83 Å². The zero-order valence-corrected chi connectivity index (χ0v) is 12.2. The van der Waals surface area contributed by atoms with Crippen molar-refractivity contribution in [3.8, 4) is 0 Å². The SMILES string of the molecule is O=C(O)/C(=C\c1ccc(F)c(F)c1)Sc1ccc([N+](=O)[O-])cc1. The van der Waals surface area contributed by atoms with Gasteiger partial charge >= 0.3 is 5.97 Å². The van der Waals surface area contributed by atoms with Crippen molar-refractivity contribution >= 4 is 29.5 Å². The topological polar surface area (TPSA) is 80.4 Å². The first-order valence-corrected chi connectivity index (χ1v) is 7.01. The van der Waals surface area contributed by atoms with Crippen molar-refractivity contribution in [3.63, 3.8) is 0 Å². The second-order valence-corrected chi connectivity index (χ2v) is 5.46. The second-order valence-electron chi connectivity index (χ2n) is 4.34. The fourth-order valence-corrected chi connectivity index (χ4v) is 2.46. The summed E-state index contributed by atoms with van der Waals surface area (Å²) in [6.45, 7) is 0. The molecular formula is C15H9F2NO4S. The number of carboxylic acids is 1. The number of nitrogens with zero attached hydrogens (tertiary/aromatic N) is 1. The van der Waals surface area contributed by atoms with Gasteiger partial charge in [0, 0.05) is 17.0 Å². The molecule has 0 aliphatic heterocycles. The molecule has 0 aromatic heterocycles. The molecule has 2 aromatic carbocycles. The summed E-state index contributed by atoms with van der Waals surface area (Å²) in [6.07, 6.45) is 1.19. The maximum atomic E-state index is 13.2. The zero-order chi connectivity index (χ0) is 17.0. The molecular weight excluding hydrogens is 328 g/mol. The lowest BCUT2D eigenvalue weighted by atomic mass is 10.2. The summed E-state index contributed by atoms with van der Waals surface area (Å²) in [5.41, 5.74) is 0.0755. The zero-order valence-electron chi connectivity index (χ0n) is 11.4. The van der Waals surface area contributed by atoms with Gasteiger partial charge in [-0.3, -0.25) is 10.1 Å². The fourth-order valence-electron chi connectivity index (χ4n) is 1.65. The predicted octanol–water partition coefficient (Wildman–Crippen LogP) is 4.09. The average molecular weight is 337 g/mol. The maximum Gasteiger partial charge on any atom is 0.342 e. The highest BCUT2D eigenvalue weighted by Crippen LogP contribution is 2.30. The molecule has 0 aliphatic carbocycles. The van der Waals surface area contributed by atoms with Crippen LogP contribution in [0, 0.1) is 21.7 Å². The summed E-state index contributed by atoms with van der Waals surface area (Å²) < 4.78 is 26.0. The summed E-state index contributed by atoms with van der Waals surface area (Å²) in [7, 11) is 0. The van der Waals surface area contributed by atoms with Gasteiger partial charge in [-0.25, -0.2) is 13.6 Å². The number of halogens is 2. The first-order valence-electron chi connectivity index (χ1n) is 6.19. The highest BCUT2D eigenvalue weighted by Gasteiger charge is 2.12. The highest BCUT2D eigenvalue weighted by molar-refractivity contribution is 8.04. The Morgan fingerprint density at radius 3 is 2.30 bits per heavy atom. The average Bonchev–Trinajstić information content (AvgIpc) is 2.50. The van der Waals surface area contributed by atoms with Crippen molar-refractivity contribution in [1.82, 2.24) is 0 Å². The number of nitro groups is 1. The van der Waals surface area contributed by atoms with E-state index in [1.807, 2.05) is 0 Å². The normalized spacial score (nSPS) is 11.3. The van der Waals surface area contributed by atoms with Crippen LogP contribution in [0.3, 0.4) is 0 Å². The molecule has 8 heteroatoms. The summed E-state index contributed by atoms with van der Waals surface area (Å²) in [4.78, 5) is 21.6. The van der Waals surface area contributed by atoms with E-state index >= 15 is 0 Å². The largest absolute Gasteiger partial charge is 0.477 e. The Hall–Kier alpha value is -2.74. The van der Waals surface area contributed by atoms with Gasteiger partial charge in [-0.1, -0.05) is 17.8 Å². The molecule has 0 unspecified atom stereocenters. The van der Waals surface area contributed by atoms with E-state index in [4.69, 9.17) is 0 Å². The van der Waals surface area contributed by atoms with Crippen molar-refractivity contribution in [3.05, 3.63) is 74.7 Å². The monoisotopic (exact) mass is 337 g/mol. The van der Waals surface area contributed by atoms with Crippen LogP contribution in [-0.4, -0.2) is 16.0 Å². The maximum absolute atomic E-state index is 13.2. The number of carbonyl (C=O) groups is 1. The van der Waals surface area contributed by atoms with Crippen LogP contribution in [0.4, 0.5) is 14.5 Å². The molecule has 0 spiro atoms. The Balaban J connectivity index is 2.27. The first kappa shape index (κ1) is 16.6. The van der Waals surface area contributed by atoms with Gasteiger partial charge in [0.25, 0.3) is 5.69 Å². The fraction of sp³-hybridized carbons (Fsp3) is 0. The van der Waals surface area contributed by atoms with Crippen molar-refractivity contribution in [1.29, 1.82) is 0 Å². The van der Waals surface area contributed by atoms with Crippen molar-refractivity contribution in [2.24, 2.45) is 0 Å². The molecule has 2 rings (SSSR count). The minimum absolute atomic E-state index is 0.115. The Bertz CT molecular complexity index is 791. The molecule has 0 bridgehead atoms. The predicted molar refractivity (Wildman–Crippen MR) is 80.9 cm³/mol. The lowest BCUT2D eigenvalue weighted by Gasteiger charge is -2.03. The first-order chi connectivity index (χ1) is 10.9. The van der Waals surface area contributed by atoms with Crippen LogP contribution in [0.25, 0.3) is 6.08 Å². The number of hydrogen-bond acceptors (Lipinski definition) is 4. The van der Waals surface area contributed by atoms with E-state index in [0.717, 1.165) is 23.9 Å². The third-order valence-electron chi connectivity index (χ3n) is 2.73. The van der Waals surface area contributed by atoms with Gasteiger partial charge in [-0.05, 0) is 35.9 Å². The number of hydrogen-bond donors (Lipinski definition) is 1. The second kappa shape index (κ2) is 7.01. The van der Waals surface area contributed by atoms with E-state index in [2.05, 4.69) is 0 Å². The molecule has 0 atom stereocenters. The Kier molecular flexibility index (Phi) is 5.07. The molecule has 23 heavy (non-hydrogen) atoms. The molecule has 0 saturated heterocycles. The van der Waals surface area contributed by atoms with Gasteiger partial charge in [-0.15, -0.1) is 0 Å². The van der Waals surface area contributed by atoms with Crippen LogP contribution in [0.1, 0.15) is 5.56 Å². The van der Waals surface area contributed by atoms with E-state index in [1.54, 1.807) is 0 Å². The lowest BCUT2D eigenvalue weighted by Crippen LogP contribution is -1.97. The van der Waals surface area contributed by atoms with E-state index in [1.165, 1.54) is 36.4 Å². The third-order valence-corrected chi connectivity index (χ3v) is 3.75. The number of non-ortho nitro benzene ring substituents is 1. The van der Waals surface area contributed by atoms with Crippen molar-refractivity contribution in [2.45, 2.75) is 4.90 Å². The third kappa shape index (κ3) is 4.36. The molecule has 0 radical (unpaired) electrons. The summed E-state index contributed by atoms with van der Waals surface area (Å²) in [5, 5.41) is 19.8. The molecule has 5 nitrogen and oxygen atoms in total. The smallest absolute Gasteiger partial charge is 0.342 e. The quantitative estimate of drug-likeness (QED) is 0.385. The summed E-state index contributed by atoms with van der Waals surface area (Å²) in [6, 6.07) is 8.35. The number of aliphatic carboxylic acids is 1. The van der Waals surface area contributed by atoms with E-state index in [-0.39, 0.29) is 16.2 Å².